The molecule has 2 atom stereocenters. The summed E-state index contributed by atoms with van der Waals surface area (Å²) in [7, 11) is 0. The van der Waals surface area contributed by atoms with Gasteiger partial charge in [-0.2, -0.15) is 0 Å². The Kier molecular flexibility index (Phi) is 7.52. The Bertz CT molecular complexity index is 477. The number of hydrogen-bond acceptors (Lipinski definition) is 3. The van der Waals surface area contributed by atoms with Crippen LogP contribution in [0.2, 0.25) is 0 Å². The number of unbranched alkanes of at least 4 members (excludes halogenated alkanes) is 1. The zero-order valence-electron chi connectivity index (χ0n) is 15.1. The molecule has 3 amide bonds. The number of likely N-dealkylation sites (tertiary alicyclic amines) is 1. The Morgan fingerprint density at radius 3 is 2.52 bits per heavy atom. The minimum absolute atomic E-state index is 0.0924. The highest BCUT2D eigenvalue weighted by Crippen LogP contribution is 2.20. The van der Waals surface area contributed by atoms with Crippen LogP contribution in [0.25, 0.3) is 0 Å². The third kappa shape index (κ3) is 5.90. The van der Waals surface area contributed by atoms with Gasteiger partial charge in [0.2, 0.25) is 5.91 Å². The molecule has 7 nitrogen and oxygen atoms in total. The summed E-state index contributed by atoms with van der Waals surface area (Å²) in [5, 5.41) is 15.0. The number of aliphatic carboxylic acids is 1. The molecule has 1 saturated heterocycles. The fraction of sp³-hybridized carbons (Fsp3) is 0.833. The van der Waals surface area contributed by atoms with E-state index in [2.05, 4.69) is 10.6 Å². The number of carbonyl (C=O) groups is 3. The van der Waals surface area contributed by atoms with Gasteiger partial charge in [0.1, 0.15) is 6.04 Å². The lowest BCUT2D eigenvalue weighted by atomic mass is 9.96. The van der Waals surface area contributed by atoms with E-state index in [4.69, 9.17) is 0 Å². The summed E-state index contributed by atoms with van der Waals surface area (Å²) in [6.07, 6.45) is 7.92. The van der Waals surface area contributed by atoms with Crippen LogP contribution in [0, 0.1) is 5.92 Å². The number of nitrogens with one attached hydrogen (secondary N) is 2. The van der Waals surface area contributed by atoms with E-state index in [0.29, 0.717) is 25.9 Å². The molecule has 0 spiro atoms. The van der Waals surface area contributed by atoms with Crippen LogP contribution < -0.4 is 10.6 Å². The van der Waals surface area contributed by atoms with E-state index in [0.717, 1.165) is 44.9 Å². The number of amides is 3. The number of carboxylic acids is 1. The van der Waals surface area contributed by atoms with Crippen molar-refractivity contribution in [2.24, 2.45) is 5.92 Å². The minimum Gasteiger partial charge on any atom is -0.480 e. The average molecular weight is 353 g/mol. The number of rotatable bonds is 7. The van der Waals surface area contributed by atoms with Gasteiger partial charge in [-0.1, -0.05) is 32.6 Å². The predicted molar refractivity (Wildman–Crippen MR) is 94.2 cm³/mol. The maximum atomic E-state index is 12.5. The van der Waals surface area contributed by atoms with Gasteiger partial charge in [0, 0.05) is 19.1 Å². The lowest BCUT2D eigenvalue weighted by Gasteiger charge is -2.33. The minimum atomic E-state index is -0.992. The number of piperidine rings is 1. The molecule has 0 aromatic rings. The molecule has 1 heterocycles. The van der Waals surface area contributed by atoms with Gasteiger partial charge in [0.05, 0.1) is 5.92 Å². The monoisotopic (exact) mass is 353 g/mol. The van der Waals surface area contributed by atoms with Gasteiger partial charge >= 0.3 is 12.0 Å². The van der Waals surface area contributed by atoms with E-state index in [1.165, 1.54) is 0 Å². The van der Waals surface area contributed by atoms with E-state index < -0.39 is 12.0 Å². The molecule has 1 aliphatic carbocycles. The topological polar surface area (TPSA) is 98.7 Å². The highest BCUT2D eigenvalue weighted by atomic mass is 16.4. The molecule has 0 bridgehead atoms. The molecule has 2 rings (SSSR count). The molecule has 2 aliphatic rings. The van der Waals surface area contributed by atoms with E-state index >= 15 is 0 Å². The smallest absolute Gasteiger partial charge is 0.326 e. The molecule has 2 fully saturated rings. The van der Waals surface area contributed by atoms with Gasteiger partial charge < -0.3 is 20.6 Å². The Morgan fingerprint density at radius 2 is 1.88 bits per heavy atom. The first kappa shape index (κ1) is 19.5. The summed E-state index contributed by atoms with van der Waals surface area (Å²) < 4.78 is 0. The summed E-state index contributed by atoms with van der Waals surface area (Å²) >= 11 is 0. The predicted octanol–water partition coefficient (Wildman–Crippen LogP) is 2.11. The second-order valence-electron chi connectivity index (χ2n) is 7.26. The third-order valence-corrected chi connectivity index (χ3v) is 5.22. The molecule has 0 radical (unpaired) electrons. The quantitative estimate of drug-likeness (QED) is 0.653. The summed E-state index contributed by atoms with van der Waals surface area (Å²) in [4.78, 5) is 37.8. The van der Waals surface area contributed by atoms with Crippen molar-refractivity contribution in [1.82, 2.24) is 15.5 Å². The molecule has 142 valence electrons. The van der Waals surface area contributed by atoms with E-state index in [9.17, 15) is 19.5 Å². The number of hydrogen-bond donors (Lipinski definition) is 3. The lowest BCUT2D eigenvalue weighted by molar-refractivity contribution is -0.143. The van der Waals surface area contributed by atoms with Gasteiger partial charge in [-0.05, 0) is 32.1 Å². The summed E-state index contributed by atoms with van der Waals surface area (Å²) in [5.41, 5.74) is 0. The standard InChI is InChI=1S/C18H31N3O4/c1-2-3-10-15(17(23)24)20-16(22)13-7-6-11-21(12-13)18(25)19-14-8-4-5-9-14/h13-15H,2-12H2,1H3,(H,19,25)(H,20,22)(H,23,24). The first-order valence-corrected chi connectivity index (χ1v) is 9.60. The molecule has 3 N–H and O–H groups in total. The van der Waals surface area contributed by atoms with E-state index in [1.807, 2.05) is 6.92 Å². The van der Waals surface area contributed by atoms with Crippen LogP contribution in [0.4, 0.5) is 4.79 Å². The van der Waals surface area contributed by atoms with E-state index in [-0.39, 0.29) is 23.9 Å². The van der Waals surface area contributed by atoms with Crippen LogP contribution in [0.1, 0.15) is 64.7 Å². The molecule has 1 aliphatic heterocycles. The van der Waals surface area contributed by atoms with Crippen molar-refractivity contribution in [3.63, 3.8) is 0 Å². The fourth-order valence-corrected chi connectivity index (χ4v) is 3.67. The summed E-state index contributed by atoms with van der Waals surface area (Å²) in [6, 6.07) is -0.674. The van der Waals surface area contributed by atoms with Gasteiger partial charge in [-0.15, -0.1) is 0 Å². The van der Waals surface area contributed by atoms with Crippen molar-refractivity contribution >= 4 is 17.9 Å². The van der Waals surface area contributed by atoms with Gasteiger partial charge in [0.25, 0.3) is 0 Å². The molecule has 1 saturated carbocycles. The molecule has 2 unspecified atom stereocenters. The zero-order chi connectivity index (χ0) is 18.2. The van der Waals surface area contributed by atoms with Gasteiger partial charge in [0.15, 0.2) is 0 Å². The Balaban J connectivity index is 1.84. The second kappa shape index (κ2) is 9.63. The largest absolute Gasteiger partial charge is 0.480 e. The lowest BCUT2D eigenvalue weighted by Crippen LogP contribution is -2.52. The first-order chi connectivity index (χ1) is 12.0. The van der Waals surface area contributed by atoms with Crippen LogP contribution in [0.5, 0.6) is 0 Å². The summed E-state index contributed by atoms with van der Waals surface area (Å²) in [6.45, 7) is 3.01. The molecule has 25 heavy (non-hydrogen) atoms. The zero-order valence-corrected chi connectivity index (χ0v) is 15.1. The van der Waals surface area contributed by atoms with Crippen LogP contribution in [-0.2, 0) is 9.59 Å². The van der Waals surface area contributed by atoms with Gasteiger partial charge in [-0.25, -0.2) is 9.59 Å². The highest BCUT2D eigenvalue weighted by Gasteiger charge is 2.31. The molecule has 7 heteroatoms. The normalized spacial score (nSPS) is 22.4. The van der Waals surface area contributed by atoms with Crippen LogP contribution in [0.3, 0.4) is 0 Å². The third-order valence-electron chi connectivity index (χ3n) is 5.22. The van der Waals surface area contributed by atoms with Crippen molar-refractivity contribution in [2.75, 3.05) is 13.1 Å². The van der Waals surface area contributed by atoms with Crippen molar-refractivity contribution in [1.29, 1.82) is 0 Å². The molecule has 0 aromatic heterocycles. The molecule has 0 aromatic carbocycles. The van der Waals surface area contributed by atoms with E-state index in [1.54, 1.807) is 4.90 Å². The van der Waals surface area contributed by atoms with Crippen molar-refractivity contribution in [3.05, 3.63) is 0 Å². The van der Waals surface area contributed by atoms with Gasteiger partial charge in [-0.3, -0.25) is 4.79 Å². The Labute approximate surface area is 149 Å². The van der Waals surface area contributed by atoms with Crippen molar-refractivity contribution < 1.29 is 19.5 Å². The SMILES string of the molecule is CCCCC(NC(=O)C1CCCN(C(=O)NC2CCCC2)C1)C(=O)O. The highest BCUT2D eigenvalue weighted by molar-refractivity contribution is 5.85. The Hall–Kier alpha value is -1.79. The molecular weight excluding hydrogens is 322 g/mol. The average Bonchev–Trinajstić information content (AvgIpc) is 3.11. The van der Waals surface area contributed by atoms with Crippen molar-refractivity contribution in [3.8, 4) is 0 Å². The number of nitrogens with zero attached hydrogens (tertiary/aromatic N) is 1. The maximum Gasteiger partial charge on any atom is 0.326 e. The van der Waals surface area contributed by atoms with Crippen LogP contribution in [0.15, 0.2) is 0 Å². The Morgan fingerprint density at radius 1 is 1.16 bits per heavy atom. The summed E-state index contributed by atoms with van der Waals surface area (Å²) in [5.74, 6) is -1.57. The van der Waals surface area contributed by atoms with Crippen molar-refractivity contribution in [2.45, 2.75) is 76.8 Å². The maximum absolute atomic E-state index is 12.5. The van der Waals surface area contributed by atoms with Crippen LogP contribution >= 0.6 is 0 Å². The number of carboxylic acid groups (broad SMARTS) is 1. The number of carbonyl (C=O) groups excluding carboxylic acids is 2. The van der Waals surface area contributed by atoms with Crippen LogP contribution in [-0.4, -0.2) is 53.1 Å². The molecular formula is C18H31N3O4. The fourth-order valence-electron chi connectivity index (χ4n) is 3.67. The second-order valence-corrected chi connectivity index (χ2v) is 7.26. The first-order valence-electron chi connectivity index (χ1n) is 9.60. The number of urea groups is 1.